The maximum absolute atomic E-state index is 12.9. The van der Waals surface area contributed by atoms with E-state index < -0.39 is 0 Å². The second-order valence-electron chi connectivity index (χ2n) is 7.25. The van der Waals surface area contributed by atoms with E-state index in [4.69, 9.17) is 4.74 Å². The second kappa shape index (κ2) is 9.27. The zero-order valence-electron chi connectivity index (χ0n) is 17.4. The fourth-order valence-corrected chi connectivity index (χ4v) is 3.65. The van der Waals surface area contributed by atoms with E-state index in [1.807, 2.05) is 55.5 Å². The van der Waals surface area contributed by atoms with E-state index in [1.165, 1.54) is 10.2 Å². The van der Waals surface area contributed by atoms with Crippen LogP contribution in [0.15, 0.2) is 81.1 Å². The molecule has 1 heterocycles. The van der Waals surface area contributed by atoms with Crippen molar-refractivity contribution in [2.45, 2.75) is 26.9 Å². The molecule has 0 spiro atoms. The Morgan fingerprint density at radius 3 is 2.65 bits per heavy atom. The smallest absolute Gasteiger partial charge is 0.282 e. The Bertz CT molecular complexity index is 1310. The molecular formula is C25H22BrN3O2. The first-order valence-electron chi connectivity index (χ1n) is 10.1. The maximum Gasteiger partial charge on any atom is 0.282 e. The minimum Gasteiger partial charge on any atom is -0.489 e. The molecule has 0 saturated heterocycles. The van der Waals surface area contributed by atoms with Crippen molar-refractivity contribution in [3.8, 4) is 5.75 Å². The van der Waals surface area contributed by atoms with E-state index in [0.717, 1.165) is 21.3 Å². The maximum atomic E-state index is 12.9. The van der Waals surface area contributed by atoms with Crippen LogP contribution in [-0.2, 0) is 13.0 Å². The van der Waals surface area contributed by atoms with Crippen LogP contribution >= 0.6 is 15.9 Å². The Kier molecular flexibility index (Phi) is 6.28. The van der Waals surface area contributed by atoms with Gasteiger partial charge in [0.2, 0.25) is 0 Å². The Balaban J connectivity index is 1.54. The van der Waals surface area contributed by atoms with Crippen LogP contribution in [0.2, 0.25) is 0 Å². The molecule has 0 aliphatic carbocycles. The summed E-state index contributed by atoms with van der Waals surface area (Å²) < 4.78 is 8.07. The van der Waals surface area contributed by atoms with Gasteiger partial charge in [-0.1, -0.05) is 52.7 Å². The lowest BCUT2D eigenvalue weighted by Crippen LogP contribution is -2.22. The summed E-state index contributed by atoms with van der Waals surface area (Å²) in [5.74, 6) is 1.40. The molecule has 1 aromatic heterocycles. The van der Waals surface area contributed by atoms with Gasteiger partial charge in [-0.05, 0) is 60.5 Å². The van der Waals surface area contributed by atoms with E-state index in [-0.39, 0.29) is 5.56 Å². The molecule has 4 rings (SSSR count). The van der Waals surface area contributed by atoms with E-state index in [1.54, 1.807) is 12.3 Å². The molecule has 0 radical (unpaired) electrons. The van der Waals surface area contributed by atoms with Gasteiger partial charge in [0, 0.05) is 10.9 Å². The Hall–Kier alpha value is -3.25. The number of rotatable bonds is 6. The third-order valence-corrected chi connectivity index (χ3v) is 5.38. The molecule has 0 aliphatic rings. The van der Waals surface area contributed by atoms with Gasteiger partial charge in [-0.25, -0.2) is 4.98 Å². The Morgan fingerprint density at radius 2 is 1.90 bits per heavy atom. The monoisotopic (exact) mass is 475 g/mol. The van der Waals surface area contributed by atoms with Gasteiger partial charge >= 0.3 is 0 Å². The first-order valence-corrected chi connectivity index (χ1v) is 10.9. The molecular weight excluding hydrogens is 454 g/mol. The van der Waals surface area contributed by atoms with Gasteiger partial charge < -0.3 is 4.74 Å². The van der Waals surface area contributed by atoms with Crippen LogP contribution in [0.1, 0.15) is 29.4 Å². The minimum absolute atomic E-state index is 0.183. The topological polar surface area (TPSA) is 56.5 Å². The molecule has 0 bridgehead atoms. The molecule has 4 aromatic rings. The number of fused-ring (bicyclic) bond motifs is 1. The minimum atomic E-state index is -0.183. The molecule has 31 heavy (non-hydrogen) atoms. The van der Waals surface area contributed by atoms with Crippen LogP contribution in [-0.4, -0.2) is 15.9 Å². The summed E-state index contributed by atoms with van der Waals surface area (Å²) in [6.07, 6.45) is 2.26. The van der Waals surface area contributed by atoms with E-state index in [0.29, 0.717) is 29.8 Å². The number of ether oxygens (including phenoxy) is 1. The van der Waals surface area contributed by atoms with Gasteiger partial charge in [-0.2, -0.15) is 9.78 Å². The van der Waals surface area contributed by atoms with Crippen LogP contribution in [0.4, 0.5) is 0 Å². The third-order valence-electron chi connectivity index (χ3n) is 4.88. The average molecular weight is 476 g/mol. The van der Waals surface area contributed by atoms with Crippen molar-refractivity contribution in [1.29, 1.82) is 0 Å². The SMILES string of the molecule is CCc1nc2ccc(Br)cc2c(=O)n1N=Cc1ccc(OCc2cccc(C)c2)cc1. The molecule has 0 atom stereocenters. The van der Waals surface area contributed by atoms with Gasteiger partial charge in [-0.15, -0.1) is 0 Å². The van der Waals surface area contributed by atoms with E-state index >= 15 is 0 Å². The summed E-state index contributed by atoms with van der Waals surface area (Å²) in [5.41, 5.74) is 3.70. The highest BCUT2D eigenvalue weighted by molar-refractivity contribution is 9.10. The molecule has 5 nitrogen and oxygen atoms in total. The number of hydrogen-bond acceptors (Lipinski definition) is 4. The Labute approximate surface area is 189 Å². The van der Waals surface area contributed by atoms with Gasteiger partial charge in [0.15, 0.2) is 0 Å². The van der Waals surface area contributed by atoms with Crippen molar-refractivity contribution in [1.82, 2.24) is 9.66 Å². The quantitative estimate of drug-likeness (QED) is 0.346. The summed E-state index contributed by atoms with van der Waals surface area (Å²) >= 11 is 3.41. The van der Waals surface area contributed by atoms with Crippen LogP contribution in [0.3, 0.4) is 0 Å². The number of hydrogen-bond donors (Lipinski definition) is 0. The lowest BCUT2D eigenvalue weighted by Gasteiger charge is -2.08. The Morgan fingerprint density at radius 1 is 1.10 bits per heavy atom. The summed E-state index contributed by atoms with van der Waals surface area (Å²) in [7, 11) is 0. The zero-order valence-corrected chi connectivity index (χ0v) is 19.0. The summed E-state index contributed by atoms with van der Waals surface area (Å²) in [6.45, 7) is 4.54. The van der Waals surface area contributed by atoms with E-state index in [9.17, 15) is 4.79 Å². The predicted molar refractivity (Wildman–Crippen MR) is 128 cm³/mol. The molecule has 3 aromatic carbocycles. The molecule has 0 saturated carbocycles. The number of aryl methyl sites for hydroxylation is 2. The fourth-order valence-electron chi connectivity index (χ4n) is 3.29. The van der Waals surface area contributed by atoms with Gasteiger partial charge in [0.25, 0.3) is 5.56 Å². The summed E-state index contributed by atoms with van der Waals surface area (Å²) in [5, 5.41) is 4.95. The standard InChI is InChI=1S/C25H22BrN3O2/c1-3-24-28-23-12-9-20(26)14-22(23)25(30)29(24)27-15-18-7-10-21(11-8-18)31-16-19-6-4-5-17(2)13-19/h4-15H,3,16H2,1-2H3. The van der Waals surface area contributed by atoms with Crippen molar-refractivity contribution in [3.05, 3.63) is 104 Å². The van der Waals surface area contributed by atoms with Crippen LogP contribution < -0.4 is 10.3 Å². The lowest BCUT2D eigenvalue weighted by atomic mass is 10.1. The molecule has 0 aliphatic heterocycles. The normalized spacial score (nSPS) is 11.3. The van der Waals surface area contributed by atoms with Gasteiger partial charge in [-0.3, -0.25) is 4.79 Å². The van der Waals surface area contributed by atoms with Crippen molar-refractivity contribution in [3.63, 3.8) is 0 Å². The highest BCUT2D eigenvalue weighted by atomic mass is 79.9. The van der Waals surface area contributed by atoms with Gasteiger partial charge in [0.05, 0.1) is 17.1 Å². The third kappa shape index (κ3) is 4.91. The fraction of sp³-hybridized carbons (Fsp3) is 0.160. The van der Waals surface area contributed by atoms with E-state index in [2.05, 4.69) is 45.1 Å². The molecule has 0 amide bonds. The van der Waals surface area contributed by atoms with Gasteiger partial charge in [0.1, 0.15) is 18.2 Å². The van der Waals surface area contributed by atoms with Crippen LogP contribution in [0, 0.1) is 6.92 Å². The zero-order chi connectivity index (χ0) is 21.8. The van der Waals surface area contributed by atoms with Crippen LogP contribution in [0.5, 0.6) is 5.75 Å². The molecule has 0 unspecified atom stereocenters. The molecule has 0 fully saturated rings. The van der Waals surface area contributed by atoms with Crippen molar-refractivity contribution in [2.24, 2.45) is 5.10 Å². The van der Waals surface area contributed by atoms with Crippen LogP contribution in [0.25, 0.3) is 10.9 Å². The highest BCUT2D eigenvalue weighted by Gasteiger charge is 2.09. The molecule has 6 heteroatoms. The summed E-state index contributed by atoms with van der Waals surface area (Å²) in [6, 6.07) is 21.4. The number of benzene rings is 3. The highest BCUT2D eigenvalue weighted by Crippen LogP contribution is 2.17. The second-order valence-corrected chi connectivity index (χ2v) is 8.17. The predicted octanol–water partition coefficient (Wildman–Crippen LogP) is 5.49. The lowest BCUT2D eigenvalue weighted by molar-refractivity contribution is 0.306. The molecule has 0 N–H and O–H groups in total. The first-order chi connectivity index (χ1) is 15.0. The molecule has 156 valence electrons. The first kappa shape index (κ1) is 21.0. The van der Waals surface area contributed by atoms with Crippen molar-refractivity contribution < 1.29 is 4.74 Å². The average Bonchev–Trinajstić information content (AvgIpc) is 2.78. The number of aromatic nitrogens is 2. The number of nitrogens with zero attached hydrogens (tertiary/aromatic N) is 3. The number of halogens is 1. The largest absolute Gasteiger partial charge is 0.489 e. The van der Waals surface area contributed by atoms with Crippen molar-refractivity contribution in [2.75, 3.05) is 0 Å². The van der Waals surface area contributed by atoms with Crippen molar-refractivity contribution >= 4 is 33.0 Å². The summed E-state index contributed by atoms with van der Waals surface area (Å²) in [4.78, 5) is 17.5.